The van der Waals surface area contributed by atoms with Gasteiger partial charge in [-0.15, -0.1) is 0 Å². The fourth-order valence-corrected chi connectivity index (χ4v) is 2.10. The first-order valence-electron chi connectivity index (χ1n) is 5.76. The summed E-state index contributed by atoms with van der Waals surface area (Å²) in [6, 6.07) is 3.28. The Labute approximate surface area is 96.0 Å². The molecule has 1 aromatic carbocycles. The van der Waals surface area contributed by atoms with Crippen molar-refractivity contribution in [3.8, 4) is 5.75 Å². The van der Waals surface area contributed by atoms with Crippen molar-refractivity contribution < 1.29 is 9.13 Å². The molecule has 0 unspecified atom stereocenters. The Hall–Kier alpha value is -1.09. The van der Waals surface area contributed by atoms with Crippen molar-refractivity contribution in [1.29, 1.82) is 0 Å². The van der Waals surface area contributed by atoms with Crippen LogP contribution in [0.25, 0.3) is 0 Å². The van der Waals surface area contributed by atoms with E-state index in [0.717, 1.165) is 42.7 Å². The van der Waals surface area contributed by atoms with Gasteiger partial charge in [0.25, 0.3) is 0 Å². The molecule has 2 nitrogen and oxygen atoms in total. The van der Waals surface area contributed by atoms with Crippen LogP contribution in [0.4, 0.5) is 4.39 Å². The summed E-state index contributed by atoms with van der Waals surface area (Å²) in [4.78, 5) is 2.07. The van der Waals surface area contributed by atoms with Crippen molar-refractivity contribution in [1.82, 2.24) is 4.90 Å². The second-order valence-electron chi connectivity index (χ2n) is 4.51. The van der Waals surface area contributed by atoms with Gasteiger partial charge in [0, 0.05) is 12.1 Å². The average molecular weight is 223 g/mol. The molecule has 0 bridgehead atoms. The van der Waals surface area contributed by atoms with Gasteiger partial charge in [-0.1, -0.05) is 0 Å². The maximum Gasteiger partial charge on any atom is 0.126 e. The lowest BCUT2D eigenvalue weighted by Gasteiger charge is -2.14. The van der Waals surface area contributed by atoms with Crippen molar-refractivity contribution in [2.24, 2.45) is 0 Å². The van der Waals surface area contributed by atoms with Gasteiger partial charge in [-0.3, -0.25) is 0 Å². The highest BCUT2D eigenvalue weighted by atomic mass is 19.1. The zero-order valence-electron chi connectivity index (χ0n) is 9.92. The van der Waals surface area contributed by atoms with Crippen LogP contribution < -0.4 is 4.74 Å². The van der Waals surface area contributed by atoms with Gasteiger partial charge in [-0.05, 0) is 51.1 Å². The smallest absolute Gasteiger partial charge is 0.126 e. The number of nitrogens with zero attached hydrogens (tertiary/aromatic N) is 1. The summed E-state index contributed by atoms with van der Waals surface area (Å²) >= 11 is 0. The van der Waals surface area contributed by atoms with Gasteiger partial charge in [0.05, 0.1) is 0 Å². The van der Waals surface area contributed by atoms with E-state index in [1.807, 2.05) is 14.1 Å². The Balaban J connectivity index is 2.08. The summed E-state index contributed by atoms with van der Waals surface area (Å²) in [6.07, 6.45) is 2.84. The van der Waals surface area contributed by atoms with Gasteiger partial charge < -0.3 is 9.64 Å². The number of hydrogen-bond donors (Lipinski definition) is 0. The summed E-state index contributed by atoms with van der Waals surface area (Å²) < 4.78 is 19.2. The van der Waals surface area contributed by atoms with Crippen LogP contribution in [0.1, 0.15) is 17.5 Å². The molecule has 1 aliphatic rings. The fourth-order valence-electron chi connectivity index (χ4n) is 2.10. The number of hydrogen-bond acceptors (Lipinski definition) is 2. The summed E-state index contributed by atoms with van der Waals surface area (Å²) in [6.45, 7) is 1.54. The SMILES string of the molecule is CN(C)CCOc1ccc(F)c2c1CCC2. The van der Waals surface area contributed by atoms with E-state index >= 15 is 0 Å². The summed E-state index contributed by atoms with van der Waals surface area (Å²) in [7, 11) is 4.02. The van der Waals surface area contributed by atoms with Crippen molar-refractivity contribution in [3.05, 3.63) is 29.1 Å². The minimum atomic E-state index is -0.0764. The summed E-state index contributed by atoms with van der Waals surface area (Å²) in [5.74, 6) is 0.795. The summed E-state index contributed by atoms with van der Waals surface area (Å²) in [5.41, 5.74) is 1.95. The monoisotopic (exact) mass is 223 g/mol. The third-order valence-electron chi connectivity index (χ3n) is 2.98. The van der Waals surface area contributed by atoms with Gasteiger partial charge in [0.2, 0.25) is 0 Å². The zero-order valence-corrected chi connectivity index (χ0v) is 9.92. The van der Waals surface area contributed by atoms with Crippen LogP contribution in [0.3, 0.4) is 0 Å². The van der Waals surface area contributed by atoms with Gasteiger partial charge >= 0.3 is 0 Å². The molecule has 0 saturated heterocycles. The molecule has 3 heteroatoms. The maximum atomic E-state index is 13.5. The molecule has 1 aromatic rings. The molecule has 0 atom stereocenters. The lowest BCUT2D eigenvalue weighted by Crippen LogP contribution is -2.19. The molecule has 0 radical (unpaired) electrons. The first-order chi connectivity index (χ1) is 7.68. The zero-order chi connectivity index (χ0) is 11.5. The van der Waals surface area contributed by atoms with E-state index in [1.165, 1.54) is 6.07 Å². The van der Waals surface area contributed by atoms with E-state index in [9.17, 15) is 4.39 Å². The van der Waals surface area contributed by atoms with Crippen LogP contribution in [0.5, 0.6) is 5.75 Å². The molecule has 2 rings (SSSR count). The van der Waals surface area contributed by atoms with E-state index in [4.69, 9.17) is 4.74 Å². The largest absolute Gasteiger partial charge is 0.492 e. The van der Waals surface area contributed by atoms with Gasteiger partial charge in [-0.2, -0.15) is 0 Å². The third kappa shape index (κ3) is 2.35. The van der Waals surface area contributed by atoms with Gasteiger partial charge in [0.1, 0.15) is 18.2 Å². The Morgan fingerprint density at radius 3 is 2.75 bits per heavy atom. The number of likely N-dealkylation sites (N-methyl/N-ethyl adjacent to an activating group) is 1. The molecule has 16 heavy (non-hydrogen) atoms. The quantitative estimate of drug-likeness (QED) is 0.776. The number of halogens is 1. The molecule has 88 valence electrons. The molecule has 0 fully saturated rings. The molecule has 0 heterocycles. The Kier molecular flexibility index (Phi) is 3.44. The predicted molar refractivity (Wildman–Crippen MR) is 62.5 cm³/mol. The lowest BCUT2D eigenvalue weighted by molar-refractivity contribution is 0.259. The summed E-state index contributed by atoms with van der Waals surface area (Å²) in [5, 5.41) is 0. The maximum absolute atomic E-state index is 13.5. The van der Waals surface area contributed by atoms with Gasteiger partial charge in [-0.25, -0.2) is 4.39 Å². The van der Waals surface area contributed by atoms with Crippen LogP contribution in [0, 0.1) is 5.82 Å². The Bertz CT molecular complexity index is 376. The van der Waals surface area contributed by atoms with Crippen LogP contribution in [-0.4, -0.2) is 32.1 Å². The number of benzene rings is 1. The van der Waals surface area contributed by atoms with Crippen LogP contribution in [0.2, 0.25) is 0 Å². The van der Waals surface area contributed by atoms with E-state index in [0.29, 0.717) is 6.61 Å². The highest BCUT2D eigenvalue weighted by molar-refractivity contribution is 5.43. The molecule has 0 saturated carbocycles. The van der Waals surface area contributed by atoms with Crippen molar-refractivity contribution in [3.63, 3.8) is 0 Å². The van der Waals surface area contributed by atoms with Gasteiger partial charge in [0.15, 0.2) is 0 Å². The van der Waals surface area contributed by atoms with Crippen molar-refractivity contribution in [2.45, 2.75) is 19.3 Å². The fraction of sp³-hybridized carbons (Fsp3) is 0.538. The molecule has 1 aliphatic carbocycles. The predicted octanol–water partition coefficient (Wildman–Crippen LogP) is 2.25. The van der Waals surface area contributed by atoms with E-state index < -0.39 is 0 Å². The Morgan fingerprint density at radius 1 is 1.25 bits per heavy atom. The lowest BCUT2D eigenvalue weighted by atomic mass is 10.1. The van der Waals surface area contributed by atoms with Crippen LogP contribution >= 0.6 is 0 Å². The molecule has 0 spiro atoms. The molecule has 0 aromatic heterocycles. The molecular formula is C13H18FNO. The van der Waals surface area contributed by atoms with Crippen LogP contribution in [0.15, 0.2) is 12.1 Å². The average Bonchev–Trinajstić information content (AvgIpc) is 2.70. The first-order valence-corrected chi connectivity index (χ1v) is 5.76. The topological polar surface area (TPSA) is 12.5 Å². The molecular weight excluding hydrogens is 205 g/mol. The number of rotatable bonds is 4. The highest BCUT2D eigenvalue weighted by Crippen LogP contribution is 2.32. The van der Waals surface area contributed by atoms with E-state index in [1.54, 1.807) is 6.07 Å². The Morgan fingerprint density at radius 2 is 2.00 bits per heavy atom. The highest BCUT2D eigenvalue weighted by Gasteiger charge is 2.19. The van der Waals surface area contributed by atoms with Crippen LogP contribution in [-0.2, 0) is 12.8 Å². The van der Waals surface area contributed by atoms with Crippen molar-refractivity contribution >= 4 is 0 Å². The second-order valence-corrected chi connectivity index (χ2v) is 4.51. The third-order valence-corrected chi connectivity index (χ3v) is 2.98. The standard InChI is InChI=1S/C13H18FNO/c1-15(2)8-9-16-13-7-6-12(14)10-4-3-5-11(10)13/h6-7H,3-5,8-9H2,1-2H3. The number of fused-ring (bicyclic) bond motifs is 1. The van der Waals surface area contributed by atoms with Crippen molar-refractivity contribution in [2.75, 3.05) is 27.2 Å². The molecule has 0 amide bonds. The van der Waals surface area contributed by atoms with E-state index in [-0.39, 0.29) is 5.82 Å². The minimum absolute atomic E-state index is 0.0764. The molecule has 0 aliphatic heterocycles. The normalized spacial score (nSPS) is 14.2. The van der Waals surface area contributed by atoms with E-state index in [2.05, 4.69) is 4.90 Å². The number of ether oxygens (including phenoxy) is 1. The molecule has 0 N–H and O–H groups in total. The minimum Gasteiger partial charge on any atom is -0.492 e. The first kappa shape index (κ1) is 11.4. The second kappa shape index (κ2) is 4.83.